The molecule has 1 aromatic rings. The van der Waals surface area contributed by atoms with Crippen molar-refractivity contribution in [1.82, 2.24) is 0 Å². The number of methoxy groups -OCH3 is 1. The summed E-state index contributed by atoms with van der Waals surface area (Å²) in [5, 5.41) is 0. The number of hydrogen-bond donors (Lipinski definition) is 1. The number of nitrogens with two attached hydrogens (primary N) is 1. The van der Waals surface area contributed by atoms with Crippen LogP contribution in [0.25, 0.3) is 0 Å². The summed E-state index contributed by atoms with van der Waals surface area (Å²) in [5.74, 6) is -0.359. The first-order valence-corrected chi connectivity index (χ1v) is 5.86. The van der Waals surface area contributed by atoms with E-state index in [0.717, 1.165) is 25.2 Å². The zero-order chi connectivity index (χ0) is 12.8. The topological polar surface area (TPSA) is 55.6 Å². The van der Waals surface area contributed by atoms with Gasteiger partial charge in [-0.1, -0.05) is 6.92 Å². The number of nitrogens with zero attached hydrogens (tertiary/aromatic N) is 1. The second-order valence-electron chi connectivity index (χ2n) is 3.84. The van der Waals surface area contributed by atoms with E-state index in [1.54, 1.807) is 12.1 Å². The van der Waals surface area contributed by atoms with Crippen molar-refractivity contribution in [2.45, 2.75) is 20.3 Å². The Morgan fingerprint density at radius 1 is 1.41 bits per heavy atom. The highest BCUT2D eigenvalue weighted by Crippen LogP contribution is 2.24. The third kappa shape index (κ3) is 3.12. The Bertz CT molecular complexity index is 391. The Hall–Kier alpha value is -1.71. The molecule has 17 heavy (non-hydrogen) atoms. The van der Waals surface area contributed by atoms with Crippen molar-refractivity contribution in [2.24, 2.45) is 0 Å². The summed E-state index contributed by atoms with van der Waals surface area (Å²) >= 11 is 0. The van der Waals surface area contributed by atoms with Gasteiger partial charge in [0.05, 0.1) is 24.0 Å². The van der Waals surface area contributed by atoms with E-state index in [1.165, 1.54) is 7.11 Å². The Morgan fingerprint density at radius 3 is 2.59 bits per heavy atom. The van der Waals surface area contributed by atoms with Crippen LogP contribution >= 0.6 is 0 Å². The molecule has 0 amide bonds. The van der Waals surface area contributed by atoms with Crippen LogP contribution in [0.15, 0.2) is 18.2 Å². The van der Waals surface area contributed by atoms with Gasteiger partial charge in [-0.25, -0.2) is 4.79 Å². The van der Waals surface area contributed by atoms with E-state index in [0.29, 0.717) is 11.3 Å². The number of rotatable bonds is 5. The molecule has 0 bridgehead atoms. The number of anilines is 2. The van der Waals surface area contributed by atoms with Gasteiger partial charge in [0.2, 0.25) is 0 Å². The van der Waals surface area contributed by atoms with Crippen LogP contribution in [-0.4, -0.2) is 26.2 Å². The maximum atomic E-state index is 11.4. The highest BCUT2D eigenvalue weighted by atomic mass is 16.5. The molecule has 0 aliphatic heterocycles. The van der Waals surface area contributed by atoms with E-state index in [4.69, 9.17) is 5.73 Å². The van der Waals surface area contributed by atoms with Crippen molar-refractivity contribution in [3.8, 4) is 0 Å². The predicted octanol–water partition coefficient (Wildman–Crippen LogP) is 2.29. The van der Waals surface area contributed by atoms with Gasteiger partial charge in [0.25, 0.3) is 0 Å². The maximum Gasteiger partial charge on any atom is 0.337 e. The van der Waals surface area contributed by atoms with Crippen molar-refractivity contribution < 1.29 is 9.53 Å². The monoisotopic (exact) mass is 236 g/mol. The highest BCUT2D eigenvalue weighted by Gasteiger charge is 2.11. The zero-order valence-electron chi connectivity index (χ0n) is 10.7. The summed E-state index contributed by atoms with van der Waals surface area (Å²) in [5.41, 5.74) is 8.05. The summed E-state index contributed by atoms with van der Waals surface area (Å²) in [6.07, 6.45) is 1.06. The van der Waals surface area contributed by atoms with Crippen molar-refractivity contribution in [3.63, 3.8) is 0 Å². The molecule has 0 saturated heterocycles. The van der Waals surface area contributed by atoms with Gasteiger partial charge in [-0.3, -0.25) is 0 Å². The quantitative estimate of drug-likeness (QED) is 0.629. The number of nitrogen functional groups attached to an aromatic ring is 1. The van der Waals surface area contributed by atoms with Crippen LogP contribution in [0.4, 0.5) is 11.4 Å². The summed E-state index contributed by atoms with van der Waals surface area (Å²) in [4.78, 5) is 13.5. The van der Waals surface area contributed by atoms with Crippen molar-refractivity contribution >= 4 is 17.3 Å². The molecule has 2 N–H and O–H groups in total. The second-order valence-corrected chi connectivity index (χ2v) is 3.84. The molecule has 0 aliphatic carbocycles. The van der Waals surface area contributed by atoms with Crippen molar-refractivity contribution in [1.29, 1.82) is 0 Å². The minimum atomic E-state index is -0.359. The molecule has 0 fully saturated rings. The van der Waals surface area contributed by atoms with Crippen molar-refractivity contribution in [2.75, 3.05) is 30.8 Å². The third-order valence-corrected chi connectivity index (χ3v) is 2.66. The number of carbonyl (C=O) groups is 1. The fourth-order valence-electron chi connectivity index (χ4n) is 1.81. The van der Waals surface area contributed by atoms with Gasteiger partial charge in [-0.05, 0) is 31.5 Å². The maximum absolute atomic E-state index is 11.4. The standard InChI is InChI=1S/C13H20N2O2/c1-4-8-15(5-2)12-7-6-10(9-11(12)14)13(16)17-3/h6-7,9H,4-5,8,14H2,1-3H3. The summed E-state index contributed by atoms with van der Waals surface area (Å²) in [6.45, 7) is 6.07. The lowest BCUT2D eigenvalue weighted by Crippen LogP contribution is -2.24. The van der Waals surface area contributed by atoms with Gasteiger partial charge in [-0.15, -0.1) is 0 Å². The number of esters is 1. The Balaban J connectivity index is 2.99. The van der Waals surface area contributed by atoms with Gasteiger partial charge in [-0.2, -0.15) is 0 Å². The van der Waals surface area contributed by atoms with E-state index in [2.05, 4.69) is 23.5 Å². The lowest BCUT2D eigenvalue weighted by Gasteiger charge is -2.24. The number of hydrogen-bond acceptors (Lipinski definition) is 4. The van der Waals surface area contributed by atoms with Crippen LogP contribution in [0.5, 0.6) is 0 Å². The molecule has 4 heteroatoms. The van der Waals surface area contributed by atoms with Crippen molar-refractivity contribution in [3.05, 3.63) is 23.8 Å². The lowest BCUT2D eigenvalue weighted by atomic mass is 10.1. The third-order valence-electron chi connectivity index (χ3n) is 2.66. The van der Waals surface area contributed by atoms with Crippen LogP contribution in [0.1, 0.15) is 30.6 Å². The molecule has 0 spiro atoms. The second kappa shape index (κ2) is 6.13. The summed E-state index contributed by atoms with van der Waals surface area (Å²) in [6, 6.07) is 5.29. The smallest absolute Gasteiger partial charge is 0.337 e. The van der Waals surface area contributed by atoms with E-state index in [-0.39, 0.29) is 5.97 Å². The van der Waals surface area contributed by atoms with Crippen LogP contribution in [0.2, 0.25) is 0 Å². The molecule has 1 aromatic carbocycles. The Labute approximate surface area is 102 Å². The number of benzene rings is 1. The molecule has 0 aliphatic rings. The van der Waals surface area contributed by atoms with Crippen LogP contribution in [0.3, 0.4) is 0 Å². The number of ether oxygens (including phenoxy) is 1. The molecule has 0 radical (unpaired) electrons. The largest absolute Gasteiger partial charge is 0.465 e. The van der Waals surface area contributed by atoms with Gasteiger partial charge in [0, 0.05) is 13.1 Å². The van der Waals surface area contributed by atoms with E-state index >= 15 is 0 Å². The van der Waals surface area contributed by atoms with Gasteiger partial charge < -0.3 is 15.4 Å². The molecule has 94 valence electrons. The SMILES string of the molecule is CCCN(CC)c1ccc(C(=O)OC)cc1N. The fourth-order valence-corrected chi connectivity index (χ4v) is 1.81. The molecule has 0 atom stereocenters. The molecule has 0 aromatic heterocycles. The lowest BCUT2D eigenvalue weighted by molar-refractivity contribution is 0.0601. The average Bonchev–Trinajstić information content (AvgIpc) is 2.35. The predicted molar refractivity (Wildman–Crippen MR) is 70.4 cm³/mol. The van der Waals surface area contributed by atoms with E-state index in [9.17, 15) is 4.79 Å². The Kier molecular flexibility index (Phi) is 4.82. The summed E-state index contributed by atoms with van der Waals surface area (Å²) in [7, 11) is 1.36. The normalized spacial score (nSPS) is 10.1. The van der Waals surface area contributed by atoms with E-state index in [1.807, 2.05) is 6.07 Å². The molecule has 0 saturated carbocycles. The molecular formula is C13H20N2O2. The number of carbonyl (C=O) groups excluding carboxylic acids is 1. The zero-order valence-corrected chi connectivity index (χ0v) is 10.7. The van der Waals surface area contributed by atoms with Crippen LogP contribution in [0, 0.1) is 0 Å². The molecule has 1 rings (SSSR count). The van der Waals surface area contributed by atoms with E-state index < -0.39 is 0 Å². The van der Waals surface area contributed by atoms with Gasteiger partial charge >= 0.3 is 5.97 Å². The van der Waals surface area contributed by atoms with Crippen LogP contribution in [-0.2, 0) is 4.74 Å². The molecule has 4 nitrogen and oxygen atoms in total. The average molecular weight is 236 g/mol. The summed E-state index contributed by atoms with van der Waals surface area (Å²) < 4.78 is 4.66. The van der Waals surface area contributed by atoms with Gasteiger partial charge in [0.15, 0.2) is 0 Å². The first-order valence-electron chi connectivity index (χ1n) is 5.86. The first kappa shape index (κ1) is 13.4. The Morgan fingerprint density at radius 2 is 2.12 bits per heavy atom. The first-order chi connectivity index (χ1) is 8.13. The fraction of sp³-hybridized carbons (Fsp3) is 0.462. The van der Waals surface area contributed by atoms with Crippen LogP contribution < -0.4 is 10.6 Å². The minimum Gasteiger partial charge on any atom is -0.465 e. The molecular weight excluding hydrogens is 216 g/mol. The minimum absolute atomic E-state index is 0.359. The molecule has 0 heterocycles. The van der Waals surface area contributed by atoms with Gasteiger partial charge in [0.1, 0.15) is 0 Å². The molecule has 0 unspecified atom stereocenters. The highest BCUT2D eigenvalue weighted by molar-refractivity contribution is 5.91.